The fourth-order valence-corrected chi connectivity index (χ4v) is 7.95. The highest BCUT2D eigenvalue weighted by molar-refractivity contribution is 6.26. The molecule has 0 saturated heterocycles. The van der Waals surface area contributed by atoms with Crippen molar-refractivity contribution in [3.05, 3.63) is 200 Å². The minimum Gasteiger partial charge on any atom is -0.228 e. The van der Waals surface area contributed by atoms with Gasteiger partial charge < -0.3 is 0 Å². The van der Waals surface area contributed by atoms with Crippen LogP contribution in [-0.2, 0) is 0 Å². The quantitative estimate of drug-likeness (QED) is 0.182. The Balaban J connectivity index is 1.27. The summed E-state index contributed by atoms with van der Waals surface area (Å²) in [6.45, 7) is 0. The van der Waals surface area contributed by atoms with Gasteiger partial charge in [-0.2, -0.15) is 5.26 Å². The molecule has 0 aliphatic carbocycles. The predicted octanol–water partition coefficient (Wildman–Crippen LogP) is 12.7. The maximum atomic E-state index is 9.51. The topological polar surface area (TPSA) is 63.7 Å². The molecule has 0 bridgehead atoms. The number of aromatic amines is 1. The molecular formula is C52H33N4+. The molecule has 2 heterocycles. The van der Waals surface area contributed by atoms with E-state index in [1.807, 2.05) is 48.8 Å². The zero-order valence-electron chi connectivity index (χ0n) is 30.3. The number of nitrogens with one attached hydrogen (secondary N) is 1. The first kappa shape index (κ1) is 32.9. The van der Waals surface area contributed by atoms with Gasteiger partial charge in [-0.15, -0.1) is 0 Å². The van der Waals surface area contributed by atoms with Gasteiger partial charge in [0.2, 0.25) is 0 Å². The van der Waals surface area contributed by atoms with Crippen LogP contribution in [0.1, 0.15) is 5.56 Å². The normalized spacial score (nSPS) is 11.2. The lowest BCUT2D eigenvalue weighted by Gasteiger charge is -2.12. The highest BCUT2D eigenvalue weighted by Gasteiger charge is 2.14. The lowest BCUT2D eigenvalue weighted by molar-refractivity contribution is -0.377. The average molecular weight is 714 g/mol. The van der Waals surface area contributed by atoms with Crippen LogP contribution in [0.5, 0.6) is 0 Å². The van der Waals surface area contributed by atoms with Crippen molar-refractivity contribution in [2.75, 3.05) is 0 Å². The first-order valence-corrected chi connectivity index (χ1v) is 18.7. The maximum absolute atomic E-state index is 9.51. The van der Waals surface area contributed by atoms with Gasteiger partial charge in [0.05, 0.1) is 23.0 Å². The minimum atomic E-state index is 0.605. The summed E-state index contributed by atoms with van der Waals surface area (Å²) in [5, 5.41) is 21.2. The van der Waals surface area contributed by atoms with E-state index in [0.29, 0.717) is 11.4 Å². The van der Waals surface area contributed by atoms with Crippen molar-refractivity contribution in [2.24, 2.45) is 0 Å². The molecule has 0 amide bonds. The number of rotatable bonds is 4. The summed E-state index contributed by atoms with van der Waals surface area (Å²) in [7, 11) is 0. The minimum absolute atomic E-state index is 0.605. The maximum Gasteiger partial charge on any atom is 0.174 e. The lowest BCUT2D eigenvalue weighted by Crippen LogP contribution is -1.98. The molecule has 1 N–H and O–H groups in total. The van der Waals surface area contributed by atoms with Crippen LogP contribution in [0.4, 0.5) is 0 Å². The third kappa shape index (κ3) is 5.85. The lowest BCUT2D eigenvalue weighted by atomic mass is 9.93. The van der Waals surface area contributed by atoms with E-state index < -0.39 is 0 Å². The average Bonchev–Trinajstić information content (AvgIpc) is 3.29. The summed E-state index contributed by atoms with van der Waals surface area (Å²) >= 11 is 0. The third-order valence-corrected chi connectivity index (χ3v) is 10.7. The van der Waals surface area contributed by atoms with E-state index in [-0.39, 0.29) is 0 Å². The highest BCUT2D eigenvalue weighted by Crippen LogP contribution is 2.38. The zero-order chi connectivity index (χ0) is 37.4. The number of H-pyrrole nitrogens is 1. The van der Waals surface area contributed by atoms with Crippen molar-refractivity contribution in [3.8, 4) is 51.1 Å². The number of benzene rings is 7. The summed E-state index contributed by atoms with van der Waals surface area (Å²) in [4.78, 5) is 13.6. The van der Waals surface area contributed by atoms with E-state index in [2.05, 4.69) is 157 Å². The largest absolute Gasteiger partial charge is 0.228 e. The van der Waals surface area contributed by atoms with Gasteiger partial charge in [-0.25, -0.2) is 15.0 Å². The summed E-state index contributed by atoms with van der Waals surface area (Å²) < 4.78 is 0. The number of fused-ring (bicyclic) bond motifs is 10. The molecule has 0 aliphatic rings. The van der Waals surface area contributed by atoms with Crippen LogP contribution < -0.4 is 4.98 Å². The Morgan fingerprint density at radius 3 is 1.21 bits per heavy atom. The highest BCUT2D eigenvalue weighted by atomic mass is 14.9. The van der Waals surface area contributed by atoms with Crippen LogP contribution in [0.25, 0.3) is 98.9 Å². The van der Waals surface area contributed by atoms with Crippen molar-refractivity contribution in [3.63, 3.8) is 0 Å². The molecule has 56 heavy (non-hydrogen) atoms. The van der Waals surface area contributed by atoms with Gasteiger partial charge in [0.25, 0.3) is 0 Å². The molecule has 4 nitrogen and oxygen atoms in total. The van der Waals surface area contributed by atoms with Crippen LogP contribution >= 0.6 is 0 Å². The second-order valence-electron chi connectivity index (χ2n) is 14.0. The molecule has 0 radical (unpaired) electrons. The van der Waals surface area contributed by atoms with Crippen molar-refractivity contribution in [1.29, 1.82) is 5.26 Å². The van der Waals surface area contributed by atoms with Gasteiger partial charge in [0.1, 0.15) is 0 Å². The predicted molar refractivity (Wildman–Crippen MR) is 230 cm³/mol. The molecule has 0 saturated carbocycles. The first-order chi connectivity index (χ1) is 27.7. The number of nitriles is 1. The van der Waals surface area contributed by atoms with Crippen molar-refractivity contribution in [2.45, 2.75) is 0 Å². The molecule has 0 atom stereocenters. The van der Waals surface area contributed by atoms with Crippen LogP contribution in [0, 0.1) is 11.3 Å². The van der Waals surface area contributed by atoms with Gasteiger partial charge in [-0.05, 0) is 89.8 Å². The Morgan fingerprint density at radius 2 is 0.768 bits per heavy atom. The molecule has 10 aromatic rings. The van der Waals surface area contributed by atoms with E-state index in [1.54, 1.807) is 0 Å². The third-order valence-electron chi connectivity index (χ3n) is 10.7. The summed E-state index contributed by atoms with van der Waals surface area (Å²) in [5.41, 5.74) is 7.25. The SMILES string of the molecule is N#Cc1ccc(-c2cc(-c3ccc(-c4ccc[nH+]c4)cc3)nc(-c3ccc4c5ccccc5c5ccccc5c5ccccc5c5ccccc5c4c3)n2)cc1. The Hall–Kier alpha value is -7.74. The fourth-order valence-electron chi connectivity index (χ4n) is 7.95. The first-order valence-electron chi connectivity index (χ1n) is 18.7. The second kappa shape index (κ2) is 13.9. The van der Waals surface area contributed by atoms with Gasteiger partial charge >= 0.3 is 0 Å². The van der Waals surface area contributed by atoms with Crippen LogP contribution in [0.15, 0.2) is 194 Å². The fraction of sp³-hybridized carbons (Fsp3) is 0. The van der Waals surface area contributed by atoms with Gasteiger partial charge in [0.15, 0.2) is 18.2 Å². The Bertz CT molecular complexity index is 3160. The van der Waals surface area contributed by atoms with Crippen LogP contribution in [0.2, 0.25) is 0 Å². The molecule has 10 rings (SSSR count). The van der Waals surface area contributed by atoms with Crippen LogP contribution in [0.3, 0.4) is 0 Å². The molecule has 0 unspecified atom stereocenters. The zero-order valence-corrected chi connectivity index (χ0v) is 30.3. The molecule has 260 valence electrons. The van der Waals surface area contributed by atoms with Crippen molar-refractivity contribution in [1.82, 2.24) is 9.97 Å². The van der Waals surface area contributed by atoms with E-state index in [9.17, 15) is 5.26 Å². The van der Waals surface area contributed by atoms with Gasteiger partial charge in [-0.1, -0.05) is 146 Å². The standard InChI is InChI=1S/C52H32N4/c53-32-34-19-21-36(22-20-34)50-31-51(37-25-23-35(24-26-37)39-10-9-29-54-33-39)56-52(55-50)38-27-28-48-46-17-6-5-15-44(46)42-13-2-1-11-40(42)41-12-3-4-14-43(41)45-16-7-8-18-47(45)49(48)30-38/h1-31,33H/p+1. The van der Waals surface area contributed by atoms with Crippen molar-refractivity contribution < 1.29 is 4.98 Å². The van der Waals surface area contributed by atoms with E-state index in [4.69, 9.17) is 9.97 Å². The van der Waals surface area contributed by atoms with Gasteiger partial charge in [0, 0.05) is 28.3 Å². The monoisotopic (exact) mass is 713 g/mol. The number of pyridine rings is 1. The molecule has 0 aliphatic heterocycles. The number of hydrogen-bond donors (Lipinski definition) is 0. The number of aromatic nitrogens is 3. The number of nitrogens with zero attached hydrogens (tertiary/aromatic N) is 3. The Morgan fingerprint density at radius 1 is 0.357 bits per heavy atom. The summed E-state index contributed by atoms with van der Waals surface area (Å²) in [5.74, 6) is 0.625. The molecule has 0 spiro atoms. The summed E-state index contributed by atoms with van der Waals surface area (Å²) in [6, 6.07) is 66.0. The van der Waals surface area contributed by atoms with E-state index in [1.165, 1.54) is 37.7 Å². The second-order valence-corrected chi connectivity index (χ2v) is 14.0. The molecule has 4 heteroatoms. The Labute approximate surface area is 324 Å². The number of hydrogen-bond acceptors (Lipinski definition) is 3. The van der Waals surface area contributed by atoms with E-state index in [0.717, 1.165) is 55.4 Å². The molecule has 2 aromatic heterocycles. The molecule has 0 fully saturated rings. The van der Waals surface area contributed by atoms with E-state index >= 15 is 0 Å². The Kier molecular flexibility index (Phi) is 8.17. The summed E-state index contributed by atoms with van der Waals surface area (Å²) in [6.07, 6.45) is 3.91. The van der Waals surface area contributed by atoms with Crippen LogP contribution in [-0.4, -0.2) is 9.97 Å². The molecule has 8 aromatic carbocycles. The smallest absolute Gasteiger partial charge is 0.174 e. The van der Waals surface area contributed by atoms with Gasteiger partial charge in [-0.3, -0.25) is 0 Å². The molecular weight excluding hydrogens is 681 g/mol. The van der Waals surface area contributed by atoms with Crippen molar-refractivity contribution >= 4 is 53.9 Å².